The summed E-state index contributed by atoms with van der Waals surface area (Å²) in [6.45, 7) is 4.84. The van der Waals surface area contributed by atoms with Crippen molar-refractivity contribution in [3.05, 3.63) is 59.7 Å². The van der Waals surface area contributed by atoms with Gasteiger partial charge in [-0.2, -0.15) is 0 Å². The maximum absolute atomic E-state index is 12.9. The summed E-state index contributed by atoms with van der Waals surface area (Å²) in [5.74, 6) is -0.418. The minimum atomic E-state index is -0.622. The zero-order valence-corrected chi connectivity index (χ0v) is 17.6. The van der Waals surface area contributed by atoms with E-state index in [-0.39, 0.29) is 17.1 Å². The maximum Gasteiger partial charge on any atom is 0.347 e. The second-order valence-corrected chi connectivity index (χ2v) is 7.67. The van der Waals surface area contributed by atoms with E-state index in [1.165, 1.54) is 6.92 Å². The summed E-state index contributed by atoms with van der Waals surface area (Å²) in [6.07, 6.45) is 1.94. The Bertz CT molecular complexity index is 944. The highest BCUT2D eigenvalue weighted by molar-refractivity contribution is 5.95. The molecular formula is C24H27NO5. The SMILES string of the molecule is CCC(=O)C1(c2cccc(OC(=O)c3ccccc3OC(C)=O)c2)CCN(C)CC1. The molecule has 0 aliphatic carbocycles. The topological polar surface area (TPSA) is 72.9 Å². The van der Waals surface area contributed by atoms with Gasteiger partial charge in [0, 0.05) is 13.3 Å². The Morgan fingerprint density at radius 2 is 1.70 bits per heavy atom. The number of ether oxygens (including phenoxy) is 2. The van der Waals surface area contributed by atoms with Crippen LogP contribution in [-0.4, -0.2) is 42.8 Å². The minimum absolute atomic E-state index is 0.152. The van der Waals surface area contributed by atoms with Crippen LogP contribution in [0.4, 0.5) is 0 Å². The predicted molar refractivity (Wildman–Crippen MR) is 113 cm³/mol. The number of nitrogens with zero attached hydrogens (tertiary/aromatic N) is 1. The highest BCUT2D eigenvalue weighted by Crippen LogP contribution is 2.38. The number of hydrogen-bond acceptors (Lipinski definition) is 6. The van der Waals surface area contributed by atoms with Crippen molar-refractivity contribution in [1.29, 1.82) is 0 Å². The van der Waals surface area contributed by atoms with E-state index >= 15 is 0 Å². The first-order valence-corrected chi connectivity index (χ1v) is 10.2. The van der Waals surface area contributed by atoms with Gasteiger partial charge in [-0.15, -0.1) is 0 Å². The molecule has 0 N–H and O–H groups in total. The van der Waals surface area contributed by atoms with Gasteiger partial charge >= 0.3 is 11.9 Å². The van der Waals surface area contributed by atoms with E-state index in [2.05, 4.69) is 11.9 Å². The number of Topliss-reactive ketones (excluding diaryl/α,β-unsaturated/α-hetero) is 1. The summed E-state index contributed by atoms with van der Waals surface area (Å²) >= 11 is 0. The van der Waals surface area contributed by atoms with Crippen molar-refractivity contribution in [1.82, 2.24) is 4.90 Å². The van der Waals surface area contributed by atoms with Crippen molar-refractivity contribution >= 4 is 17.7 Å². The van der Waals surface area contributed by atoms with Gasteiger partial charge in [0.1, 0.15) is 22.8 Å². The van der Waals surface area contributed by atoms with Crippen molar-refractivity contribution in [3.63, 3.8) is 0 Å². The number of rotatable bonds is 6. The molecule has 0 saturated carbocycles. The zero-order valence-electron chi connectivity index (χ0n) is 17.6. The first-order chi connectivity index (χ1) is 14.4. The molecular weight excluding hydrogens is 382 g/mol. The number of carbonyl (C=O) groups is 3. The Balaban J connectivity index is 1.88. The van der Waals surface area contributed by atoms with Gasteiger partial charge in [0.15, 0.2) is 0 Å². The fourth-order valence-electron chi connectivity index (χ4n) is 3.97. The van der Waals surface area contributed by atoms with E-state index in [0.717, 1.165) is 31.5 Å². The van der Waals surface area contributed by atoms with Gasteiger partial charge in [0.25, 0.3) is 0 Å². The second kappa shape index (κ2) is 9.22. The summed E-state index contributed by atoms with van der Waals surface area (Å²) in [5, 5.41) is 0. The van der Waals surface area contributed by atoms with Crippen molar-refractivity contribution in [2.75, 3.05) is 20.1 Å². The monoisotopic (exact) mass is 409 g/mol. The number of esters is 2. The van der Waals surface area contributed by atoms with Crippen molar-refractivity contribution in [2.24, 2.45) is 0 Å². The van der Waals surface area contributed by atoms with Crippen molar-refractivity contribution < 1.29 is 23.9 Å². The smallest absolute Gasteiger partial charge is 0.347 e. The van der Waals surface area contributed by atoms with E-state index in [1.807, 2.05) is 13.0 Å². The highest BCUT2D eigenvalue weighted by Gasteiger charge is 2.41. The largest absolute Gasteiger partial charge is 0.426 e. The lowest BCUT2D eigenvalue weighted by atomic mass is 9.69. The lowest BCUT2D eigenvalue weighted by molar-refractivity contribution is -0.132. The van der Waals surface area contributed by atoms with Crippen LogP contribution in [0.1, 0.15) is 49.0 Å². The standard InChI is InChI=1S/C24H27NO5/c1-4-22(27)24(12-14-25(3)15-13-24)18-8-7-9-19(16-18)30-23(28)20-10-5-6-11-21(20)29-17(2)26/h5-11,16H,4,12-15H2,1-3H3. The Labute approximate surface area is 176 Å². The Hall–Kier alpha value is -2.99. The first kappa shape index (κ1) is 21.7. The number of ketones is 1. The van der Waals surface area contributed by atoms with Crippen LogP contribution in [0, 0.1) is 0 Å². The average Bonchev–Trinajstić information content (AvgIpc) is 2.74. The van der Waals surface area contributed by atoms with E-state index in [4.69, 9.17) is 9.47 Å². The van der Waals surface area contributed by atoms with Crippen LogP contribution in [0.25, 0.3) is 0 Å². The quantitative estimate of drug-likeness (QED) is 0.534. The second-order valence-electron chi connectivity index (χ2n) is 7.67. The summed E-state index contributed by atoms with van der Waals surface area (Å²) in [6, 6.07) is 13.6. The highest BCUT2D eigenvalue weighted by atomic mass is 16.5. The van der Waals surface area contributed by atoms with Crippen LogP contribution in [0.5, 0.6) is 11.5 Å². The van der Waals surface area contributed by atoms with E-state index in [0.29, 0.717) is 12.2 Å². The van der Waals surface area contributed by atoms with Crippen molar-refractivity contribution in [2.45, 2.75) is 38.5 Å². The van der Waals surface area contributed by atoms with Crippen LogP contribution in [0.2, 0.25) is 0 Å². The summed E-state index contributed by atoms with van der Waals surface area (Å²) in [5.41, 5.74) is 0.483. The first-order valence-electron chi connectivity index (χ1n) is 10.2. The fraction of sp³-hybridized carbons (Fsp3) is 0.375. The Morgan fingerprint density at radius 3 is 2.37 bits per heavy atom. The molecule has 1 saturated heterocycles. The average molecular weight is 409 g/mol. The molecule has 1 fully saturated rings. The van der Waals surface area contributed by atoms with Gasteiger partial charge < -0.3 is 14.4 Å². The molecule has 158 valence electrons. The van der Waals surface area contributed by atoms with Crippen LogP contribution in [0.15, 0.2) is 48.5 Å². The molecule has 2 aromatic carbocycles. The molecule has 0 amide bonds. The van der Waals surface area contributed by atoms with E-state index in [9.17, 15) is 14.4 Å². The van der Waals surface area contributed by atoms with Gasteiger partial charge in [0.2, 0.25) is 0 Å². The van der Waals surface area contributed by atoms with Crippen LogP contribution in [0.3, 0.4) is 0 Å². The van der Waals surface area contributed by atoms with Crippen molar-refractivity contribution in [3.8, 4) is 11.5 Å². The number of likely N-dealkylation sites (tertiary alicyclic amines) is 1. The van der Waals surface area contributed by atoms with E-state index in [1.54, 1.807) is 42.5 Å². The molecule has 1 aliphatic rings. The molecule has 2 aromatic rings. The fourth-order valence-corrected chi connectivity index (χ4v) is 3.97. The summed E-state index contributed by atoms with van der Waals surface area (Å²) in [7, 11) is 2.05. The zero-order chi connectivity index (χ0) is 21.7. The van der Waals surface area contributed by atoms with Crippen LogP contribution < -0.4 is 9.47 Å². The number of piperidine rings is 1. The molecule has 0 radical (unpaired) electrons. The van der Waals surface area contributed by atoms with Gasteiger partial charge in [0.05, 0.1) is 5.41 Å². The number of hydrogen-bond donors (Lipinski definition) is 0. The number of para-hydroxylation sites is 1. The number of carbonyl (C=O) groups excluding carboxylic acids is 3. The van der Waals surface area contributed by atoms with Crippen LogP contribution in [-0.2, 0) is 15.0 Å². The normalized spacial score (nSPS) is 16.0. The molecule has 0 aromatic heterocycles. The molecule has 0 atom stereocenters. The molecule has 30 heavy (non-hydrogen) atoms. The third-order valence-electron chi connectivity index (χ3n) is 5.65. The van der Waals surface area contributed by atoms with Gasteiger partial charge in [-0.1, -0.05) is 31.2 Å². The molecule has 0 bridgehead atoms. The minimum Gasteiger partial charge on any atom is -0.426 e. The van der Waals surface area contributed by atoms with Crippen LogP contribution >= 0.6 is 0 Å². The van der Waals surface area contributed by atoms with Gasteiger partial charge in [-0.05, 0) is 62.8 Å². The van der Waals surface area contributed by atoms with Gasteiger partial charge in [-0.25, -0.2) is 4.79 Å². The Morgan fingerprint density at radius 1 is 1.00 bits per heavy atom. The maximum atomic E-state index is 12.9. The molecule has 6 heteroatoms. The van der Waals surface area contributed by atoms with Gasteiger partial charge in [-0.3, -0.25) is 9.59 Å². The molecule has 1 aliphatic heterocycles. The lowest BCUT2D eigenvalue weighted by Crippen LogP contribution is -2.46. The lowest BCUT2D eigenvalue weighted by Gasteiger charge is -2.40. The third-order valence-corrected chi connectivity index (χ3v) is 5.65. The van der Waals surface area contributed by atoms with E-state index < -0.39 is 17.4 Å². The Kier molecular flexibility index (Phi) is 6.67. The number of benzene rings is 2. The molecule has 3 rings (SSSR count). The molecule has 6 nitrogen and oxygen atoms in total. The summed E-state index contributed by atoms with van der Waals surface area (Å²) in [4.78, 5) is 39.2. The molecule has 1 heterocycles. The molecule has 0 unspecified atom stereocenters. The summed E-state index contributed by atoms with van der Waals surface area (Å²) < 4.78 is 10.7. The molecule has 0 spiro atoms. The predicted octanol–water partition coefficient (Wildman–Crippen LogP) is 3.77. The third kappa shape index (κ3) is 4.60.